The average Bonchev–Trinajstić information content (AvgIpc) is 3.50. The monoisotopic (exact) mass is 420 g/mol. The van der Waals surface area contributed by atoms with Crippen LogP contribution in [0.5, 0.6) is 10.9 Å². The second-order valence-electron chi connectivity index (χ2n) is 7.98. The Balaban J connectivity index is 1.20. The van der Waals surface area contributed by atoms with Gasteiger partial charge in [0.1, 0.15) is 5.75 Å². The van der Waals surface area contributed by atoms with E-state index in [2.05, 4.69) is 20.9 Å². The van der Waals surface area contributed by atoms with Crippen LogP contribution in [0.2, 0.25) is 0 Å². The Morgan fingerprint density at radius 2 is 2.13 bits per heavy atom. The fourth-order valence-corrected chi connectivity index (χ4v) is 5.59. The van der Waals surface area contributed by atoms with Crippen LogP contribution in [0.4, 0.5) is 4.79 Å². The van der Waals surface area contributed by atoms with Crippen molar-refractivity contribution in [3.8, 4) is 10.9 Å². The number of likely N-dealkylation sites (tertiary alicyclic amines) is 2. The normalized spacial score (nSPS) is 21.1. The highest BCUT2D eigenvalue weighted by atomic mass is 32.1. The van der Waals surface area contributed by atoms with E-state index in [1.807, 2.05) is 42.6 Å². The summed E-state index contributed by atoms with van der Waals surface area (Å²) < 4.78 is 7.11. The topological polar surface area (TPSA) is 81.7 Å². The van der Waals surface area contributed by atoms with Crippen LogP contribution >= 0.6 is 11.3 Å². The minimum atomic E-state index is -0.796. The molecule has 4 heterocycles. The lowest BCUT2D eigenvalue weighted by Gasteiger charge is -2.32. The number of benzene rings is 2. The van der Waals surface area contributed by atoms with Gasteiger partial charge in [-0.15, -0.1) is 0 Å². The fourth-order valence-electron chi connectivity index (χ4n) is 4.75. The van der Waals surface area contributed by atoms with E-state index in [0.717, 1.165) is 41.0 Å². The number of amides is 1. The lowest BCUT2D eigenvalue weighted by Crippen LogP contribution is -2.47. The van der Waals surface area contributed by atoms with E-state index in [1.54, 1.807) is 4.90 Å². The molecule has 0 unspecified atom stereocenters. The molecule has 2 aliphatic heterocycles. The summed E-state index contributed by atoms with van der Waals surface area (Å²) in [5.41, 5.74) is 3.20. The molecule has 2 fully saturated rings. The minimum Gasteiger partial charge on any atom is -0.465 e. The van der Waals surface area contributed by atoms with Gasteiger partial charge in [-0.2, -0.15) is 0 Å². The Labute approximate surface area is 176 Å². The maximum absolute atomic E-state index is 11.3. The van der Waals surface area contributed by atoms with Gasteiger partial charge in [0, 0.05) is 54.9 Å². The largest absolute Gasteiger partial charge is 0.465 e. The molecule has 0 spiro atoms. The van der Waals surface area contributed by atoms with Gasteiger partial charge >= 0.3 is 6.09 Å². The Morgan fingerprint density at radius 1 is 1.23 bits per heavy atom. The Kier molecular flexibility index (Phi) is 3.97. The number of nitrogens with one attached hydrogen (secondary N) is 1. The predicted molar refractivity (Wildman–Crippen MR) is 115 cm³/mol. The van der Waals surface area contributed by atoms with Crippen LogP contribution in [0.3, 0.4) is 0 Å². The molecule has 30 heavy (non-hydrogen) atoms. The predicted octanol–water partition coefficient (Wildman–Crippen LogP) is 4.51. The SMILES string of the molecule is O=C(O)N1C[C@@H]2C[C@H]1CN2Cc1c[nH]c2cc(Oc3nc4ccccc4s3)ccc12. The lowest BCUT2D eigenvalue weighted by atomic mass is 10.1. The van der Waals surface area contributed by atoms with Crippen molar-refractivity contribution in [3.05, 3.63) is 54.2 Å². The third-order valence-corrected chi connectivity index (χ3v) is 7.11. The molecule has 2 aromatic carbocycles. The summed E-state index contributed by atoms with van der Waals surface area (Å²) in [5, 5.41) is 11.1. The van der Waals surface area contributed by atoms with Crippen molar-refractivity contribution in [2.45, 2.75) is 25.0 Å². The summed E-state index contributed by atoms with van der Waals surface area (Å²) in [6.45, 7) is 2.25. The van der Waals surface area contributed by atoms with Crippen molar-refractivity contribution in [1.82, 2.24) is 19.8 Å². The summed E-state index contributed by atoms with van der Waals surface area (Å²) in [5.74, 6) is 0.757. The Hall–Kier alpha value is -3.10. The van der Waals surface area contributed by atoms with Gasteiger partial charge < -0.3 is 19.7 Å². The summed E-state index contributed by atoms with van der Waals surface area (Å²) in [7, 11) is 0. The van der Waals surface area contributed by atoms with Crippen LogP contribution in [0.25, 0.3) is 21.1 Å². The van der Waals surface area contributed by atoms with Gasteiger partial charge in [-0.05, 0) is 36.2 Å². The molecular formula is C22H20N4O3S. The molecule has 2 N–H and O–H groups in total. The molecule has 2 aliphatic rings. The summed E-state index contributed by atoms with van der Waals surface area (Å²) in [6.07, 6.45) is 2.19. The molecule has 2 saturated heterocycles. The number of para-hydroxylation sites is 1. The van der Waals surface area contributed by atoms with E-state index in [1.165, 1.54) is 22.3 Å². The smallest absolute Gasteiger partial charge is 0.407 e. The van der Waals surface area contributed by atoms with Crippen LogP contribution in [0.15, 0.2) is 48.7 Å². The summed E-state index contributed by atoms with van der Waals surface area (Å²) in [6, 6.07) is 14.5. The van der Waals surface area contributed by atoms with Crippen LogP contribution < -0.4 is 4.74 Å². The number of ether oxygens (including phenoxy) is 1. The number of aromatic nitrogens is 2. The van der Waals surface area contributed by atoms with Crippen LogP contribution in [-0.2, 0) is 6.54 Å². The first-order chi connectivity index (χ1) is 14.6. The number of piperazine rings is 1. The van der Waals surface area contributed by atoms with Gasteiger partial charge in [-0.25, -0.2) is 9.78 Å². The van der Waals surface area contributed by atoms with Crippen molar-refractivity contribution in [2.24, 2.45) is 0 Å². The first kappa shape index (κ1) is 17.7. The molecular weight excluding hydrogens is 400 g/mol. The zero-order chi connectivity index (χ0) is 20.2. The average molecular weight is 420 g/mol. The number of thiazole rings is 1. The third kappa shape index (κ3) is 2.91. The number of aromatic amines is 1. The number of fused-ring (bicyclic) bond motifs is 4. The molecule has 0 saturated carbocycles. The van der Waals surface area contributed by atoms with Gasteiger partial charge in [0.05, 0.1) is 10.2 Å². The fraction of sp³-hybridized carbons (Fsp3) is 0.273. The molecule has 2 aromatic heterocycles. The van der Waals surface area contributed by atoms with Crippen molar-refractivity contribution < 1.29 is 14.6 Å². The van der Waals surface area contributed by atoms with Crippen molar-refractivity contribution in [1.29, 1.82) is 0 Å². The van der Waals surface area contributed by atoms with E-state index in [-0.39, 0.29) is 6.04 Å². The molecule has 0 radical (unpaired) electrons. The molecule has 2 bridgehead atoms. The highest BCUT2D eigenvalue weighted by molar-refractivity contribution is 7.20. The summed E-state index contributed by atoms with van der Waals surface area (Å²) in [4.78, 5) is 23.2. The Bertz CT molecular complexity index is 1230. The zero-order valence-corrected chi connectivity index (χ0v) is 16.9. The number of rotatable bonds is 4. The first-order valence-electron chi connectivity index (χ1n) is 10.0. The van der Waals surface area contributed by atoms with Gasteiger partial charge in [0.25, 0.3) is 5.19 Å². The zero-order valence-electron chi connectivity index (χ0n) is 16.1. The van der Waals surface area contributed by atoms with Crippen LogP contribution in [-0.4, -0.2) is 56.1 Å². The van der Waals surface area contributed by atoms with E-state index < -0.39 is 6.09 Å². The first-order valence-corrected chi connectivity index (χ1v) is 10.8. The number of carboxylic acid groups (broad SMARTS) is 1. The van der Waals surface area contributed by atoms with Gasteiger partial charge in [-0.3, -0.25) is 4.90 Å². The highest BCUT2D eigenvalue weighted by Gasteiger charge is 2.45. The number of carbonyl (C=O) groups is 1. The quantitative estimate of drug-likeness (QED) is 0.508. The second-order valence-corrected chi connectivity index (χ2v) is 8.97. The molecule has 0 aliphatic carbocycles. The second kappa shape index (κ2) is 6.72. The van der Waals surface area contributed by atoms with Crippen molar-refractivity contribution in [3.63, 3.8) is 0 Å². The molecule has 4 aromatic rings. The van der Waals surface area contributed by atoms with E-state index in [9.17, 15) is 9.90 Å². The van der Waals surface area contributed by atoms with Crippen LogP contribution in [0.1, 0.15) is 12.0 Å². The third-order valence-electron chi connectivity index (χ3n) is 6.19. The minimum absolute atomic E-state index is 0.131. The van der Waals surface area contributed by atoms with Crippen molar-refractivity contribution >= 4 is 38.5 Å². The van der Waals surface area contributed by atoms with E-state index in [4.69, 9.17) is 4.74 Å². The maximum Gasteiger partial charge on any atom is 0.407 e. The Morgan fingerprint density at radius 3 is 2.93 bits per heavy atom. The lowest BCUT2D eigenvalue weighted by molar-refractivity contribution is 0.100. The van der Waals surface area contributed by atoms with E-state index >= 15 is 0 Å². The number of H-pyrrole nitrogens is 1. The standard InChI is InChI=1S/C22H20N4O3S/c27-22(28)26-12-14-7-15(26)11-25(14)10-13-9-23-19-8-16(5-6-17(13)19)29-21-24-18-3-1-2-4-20(18)30-21/h1-6,8-9,14-15,23H,7,10-12H2,(H,27,28)/t14-,15-/m0/s1. The maximum atomic E-state index is 11.3. The number of hydrogen-bond donors (Lipinski definition) is 2. The molecule has 8 heteroatoms. The van der Waals surface area contributed by atoms with E-state index in [0.29, 0.717) is 17.8 Å². The molecule has 6 rings (SSSR count). The van der Waals surface area contributed by atoms with Crippen molar-refractivity contribution in [2.75, 3.05) is 13.1 Å². The number of hydrogen-bond acceptors (Lipinski definition) is 5. The van der Waals surface area contributed by atoms with Crippen LogP contribution in [0, 0.1) is 0 Å². The highest BCUT2D eigenvalue weighted by Crippen LogP contribution is 2.35. The summed E-state index contributed by atoms with van der Waals surface area (Å²) >= 11 is 1.54. The van der Waals surface area contributed by atoms with Gasteiger partial charge in [-0.1, -0.05) is 23.5 Å². The van der Waals surface area contributed by atoms with Gasteiger partial charge in [0.2, 0.25) is 0 Å². The number of nitrogens with zero attached hydrogens (tertiary/aromatic N) is 3. The molecule has 2 atom stereocenters. The molecule has 1 amide bonds. The van der Waals surface area contributed by atoms with Gasteiger partial charge in [0.15, 0.2) is 0 Å². The molecule has 152 valence electrons. The molecule has 7 nitrogen and oxygen atoms in total.